The predicted octanol–water partition coefficient (Wildman–Crippen LogP) is 4.78. The Bertz CT molecular complexity index is 570. The second kappa shape index (κ2) is 6.31. The van der Waals surface area contributed by atoms with Gasteiger partial charge in [0.25, 0.3) is 0 Å². The Morgan fingerprint density at radius 1 is 1.16 bits per heavy atom. The third-order valence-electron chi connectivity index (χ3n) is 2.81. The Balaban J connectivity index is 2.18. The number of anilines is 2. The van der Waals surface area contributed by atoms with Crippen LogP contribution in [0.2, 0.25) is 5.02 Å². The summed E-state index contributed by atoms with van der Waals surface area (Å²) in [6.45, 7) is 0.765. The van der Waals surface area contributed by atoms with Gasteiger partial charge in [0.2, 0.25) is 0 Å². The Hall–Kier alpha value is -1.19. The first-order valence-electron chi connectivity index (χ1n) is 6.02. The number of hydrogen-bond donors (Lipinski definition) is 1. The molecule has 0 saturated carbocycles. The van der Waals surface area contributed by atoms with Crippen molar-refractivity contribution in [1.82, 2.24) is 0 Å². The Labute approximate surface area is 127 Å². The highest BCUT2D eigenvalue weighted by molar-refractivity contribution is 9.10. The number of rotatable bonds is 4. The lowest BCUT2D eigenvalue weighted by Gasteiger charge is -2.20. The predicted molar refractivity (Wildman–Crippen MR) is 87.2 cm³/mol. The topological polar surface area (TPSA) is 15.3 Å². The average molecular weight is 340 g/mol. The Morgan fingerprint density at radius 2 is 1.89 bits per heavy atom. The van der Waals surface area contributed by atoms with E-state index in [1.165, 1.54) is 5.56 Å². The maximum Gasteiger partial charge on any atom is 0.0786 e. The summed E-state index contributed by atoms with van der Waals surface area (Å²) in [5.41, 5.74) is 3.27. The molecule has 4 heteroatoms. The summed E-state index contributed by atoms with van der Waals surface area (Å²) in [7, 11) is 3.98. The van der Waals surface area contributed by atoms with E-state index in [9.17, 15) is 0 Å². The lowest BCUT2D eigenvalue weighted by molar-refractivity contribution is 1.10. The van der Waals surface area contributed by atoms with Crippen molar-refractivity contribution < 1.29 is 0 Å². The van der Waals surface area contributed by atoms with Gasteiger partial charge in [0.05, 0.1) is 16.4 Å². The highest BCUT2D eigenvalue weighted by atomic mass is 79.9. The molecule has 2 aromatic rings. The molecule has 19 heavy (non-hydrogen) atoms. The van der Waals surface area contributed by atoms with Crippen molar-refractivity contribution in [3.63, 3.8) is 0 Å². The van der Waals surface area contributed by atoms with Crippen LogP contribution in [0.5, 0.6) is 0 Å². The standard InChI is InChI=1S/C15H16BrClN2/c1-19(2)15-13(17)7-4-8-14(15)18-10-11-5-3-6-12(16)9-11/h3-9,18H,10H2,1-2H3. The molecule has 0 spiro atoms. The van der Waals surface area contributed by atoms with Crippen molar-refractivity contribution in [3.8, 4) is 0 Å². The van der Waals surface area contributed by atoms with Gasteiger partial charge in [-0.05, 0) is 29.8 Å². The molecule has 0 unspecified atom stereocenters. The maximum absolute atomic E-state index is 6.24. The molecule has 0 atom stereocenters. The minimum absolute atomic E-state index is 0.754. The van der Waals surface area contributed by atoms with Crippen LogP contribution in [0.15, 0.2) is 46.9 Å². The fourth-order valence-corrected chi connectivity index (χ4v) is 2.75. The normalized spacial score (nSPS) is 10.3. The highest BCUT2D eigenvalue weighted by Gasteiger charge is 2.08. The lowest BCUT2D eigenvalue weighted by atomic mass is 10.2. The fraction of sp³-hybridized carbons (Fsp3) is 0.200. The van der Waals surface area contributed by atoms with Gasteiger partial charge in [0, 0.05) is 25.1 Å². The average Bonchev–Trinajstić information content (AvgIpc) is 2.36. The van der Waals surface area contributed by atoms with E-state index in [1.807, 2.05) is 49.3 Å². The minimum Gasteiger partial charge on any atom is -0.379 e. The Morgan fingerprint density at radius 3 is 2.58 bits per heavy atom. The summed E-state index contributed by atoms with van der Waals surface area (Å²) < 4.78 is 1.09. The van der Waals surface area contributed by atoms with Gasteiger partial charge in [-0.3, -0.25) is 0 Å². The van der Waals surface area contributed by atoms with E-state index in [-0.39, 0.29) is 0 Å². The zero-order valence-corrected chi connectivity index (χ0v) is 13.3. The van der Waals surface area contributed by atoms with E-state index in [1.54, 1.807) is 0 Å². The molecular weight excluding hydrogens is 324 g/mol. The van der Waals surface area contributed by atoms with Crippen LogP contribution in [0, 0.1) is 0 Å². The van der Waals surface area contributed by atoms with Crippen molar-refractivity contribution in [1.29, 1.82) is 0 Å². The van der Waals surface area contributed by atoms with Gasteiger partial charge in [0.15, 0.2) is 0 Å². The minimum atomic E-state index is 0.754. The molecule has 100 valence electrons. The maximum atomic E-state index is 6.24. The van der Waals surface area contributed by atoms with Gasteiger partial charge in [-0.15, -0.1) is 0 Å². The van der Waals surface area contributed by atoms with Crippen LogP contribution in [0.3, 0.4) is 0 Å². The van der Waals surface area contributed by atoms with Gasteiger partial charge in [-0.2, -0.15) is 0 Å². The summed E-state index contributed by atoms with van der Waals surface area (Å²) in [6.07, 6.45) is 0. The first kappa shape index (κ1) is 14.2. The zero-order chi connectivity index (χ0) is 13.8. The molecule has 2 rings (SSSR count). The smallest absolute Gasteiger partial charge is 0.0786 e. The van der Waals surface area contributed by atoms with E-state index >= 15 is 0 Å². The second-order valence-electron chi connectivity index (χ2n) is 4.51. The number of benzene rings is 2. The van der Waals surface area contributed by atoms with Crippen LogP contribution in [0.1, 0.15) is 5.56 Å². The third kappa shape index (κ3) is 3.64. The number of nitrogens with zero attached hydrogens (tertiary/aromatic N) is 1. The Kier molecular flexibility index (Phi) is 4.72. The van der Waals surface area contributed by atoms with Crippen molar-refractivity contribution in [2.45, 2.75) is 6.54 Å². The molecule has 1 N–H and O–H groups in total. The quantitative estimate of drug-likeness (QED) is 0.862. The van der Waals surface area contributed by atoms with Crippen molar-refractivity contribution in [3.05, 3.63) is 57.5 Å². The number of para-hydroxylation sites is 1. The molecule has 0 aliphatic rings. The van der Waals surface area contributed by atoms with Gasteiger partial charge in [0.1, 0.15) is 0 Å². The molecule has 0 heterocycles. The summed E-state index contributed by atoms with van der Waals surface area (Å²) in [5.74, 6) is 0. The zero-order valence-electron chi connectivity index (χ0n) is 11.0. The van der Waals surface area contributed by atoms with Crippen LogP contribution in [0.4, 0.5) is 11.4 Å². The molecule has 0 aliphatic carbocycles. The largest absolute Gasteiger partial charge is 0.379 e. The van der Waals surface area contributed by atoms with E-state index in [2.05, 4.69) is 33.4 Å². The SMILES string of the molecule is CN(C)c1c(Cl)cccc1NCc1cccc(Br)c1. The lowest BCUT2D eigenvalue weighted by Crippen LogP contribution is -2.12. The third-order valence-corrected chi connectivity index (χ3v) is 3.60. The van der Waals surface area contributed by atoms with Crippen molar-refractivity contribution in [2.24, 2.45) is 0 Å². The molecule has 0 saturated heterocycles. The summed E-state index contributed by atoms with van der Waals surface area (Å²) >= 11 is 9.72. The van der Waals surface area contributed by atoms with Crippen LogP contribution < -0.4 is 10.2 Å². The monoisotopic (exact) mass is 338 g/mol. The number of hydrogen-bond acceptors (Lipinski definition) is 2. The fourth-order valence-electron chi connectivity index (χ4n) is 1.96. The van der Waals surface area contributed by atoms with Gasteiger partial charge in [-0.1, -0.05) is 45.7 Å². The summed E-state index contributed by atoms with van der Waals surface area (Å²) in [4.78, 5) is 2.02. The summed E-state index contributed by atoms with van der Waals surface area (Å²) in [5, 5.41) is 4.19. The van der Waals surface area contributed by atoms with E-state index < -0.39 is 0 Å². The van der Waals surface area contributed by atoms with Gasteiger partial charge >= 0.3 is 0 Å². The first-order chi connectivity index (χ1) is 9.08. The first-order valence-corrected chi connectivity index (χ1v) is 7.19. The number of nitrogens with one attached hydrogen (secondary N) is 1. The van der Waals surface area contributed by atoms with Crippen molar-refractivity contribution in [2.75, 3.05) is 24.3 Å². The molecule has 0 radical (unpaired) electrons. The molecule has 0 fully saturated rings. The molecule has 2 aromatic carbocycles. The van der Waals surface area contributed by atoms with Gasteiger partial charge in [-0.25, -0.2) is 0 Å². The van der Waals surface area contributed by atoms with Gasteiger partial charge < -0.3 is 10.2 Å². The molecular formula is C15H16BrClN2. The molecule has 0 amide bonds. The van der Waals surface area contributed by atoms with E-state index in [0.29, 0.717) is 0 Å². The van der Waals surface area contributed by atoms with Crippen LogP contribution in [-0.4, -0.2) is 14.1 Å². The second-order valence-corrected chi connectivity index (χ2v) is 5.84. The molecule has 0 aliphatic heterocycles. The molecule has 2 nitrogen and oxygen atoms in total. The van der Waals surface area contributed by atoms with Crippen molar-refractivity contribution >= 4 is 38.9 Å². The highest BCUT2D eigenvalue weighted by Crippen LogP contribution is 2.32. The summed E-state index contributed by atoms with van der Waals surface area (Å²) in [6, 6.07) is 14.2. The van der Waals surface area contributed by atoms with Crippen LogP contribution in [-0.2, 0) is 6.54 Å². The van der Waals surface area contributed by atoms with Crippen LogP contribution in [0.25, 0.3) is 0 Å². The number of halogens is 2. The van der Waals surface area contributed by atoms with E-state index in [0.717, 1.165) is 27.4 Å². The van der Waals surface area contributed by atoms with E-state index in [4.69, 9.17) is 11.6 Å². The van der Waals surface area contributed by atoms with Crippen LogP contribution >= 0.6 is 27.5 Å². The molecule has 0 aromatic heterocycles. The molecule has 0 bridgehead atoms.